The van der Waals surface area contributed by atoms with Crippen molar-refractivity contribution in [2.45, 2.75) is 53.9 Å². The number of rotatable bonds is 4. The molecule has 0 unspecified atom stereocenters. The van der Waals surface area contributed by atoms with Crippen LogP contribution in [-0.4, -0.2) is 15.7 Å². The number of carbonyl (C=O) groups is 1. The highest BCUT2D eigenvalue weighted by atomic mass is 16.5. The number of ether oxygens (including phenoxy) is 1. The Bertz CT molecular complexity index is 694. The lowest BCUT2D eigenvalue weighted by Crippen LogP contribution is -2.19. The molecular formula is C19H26N2O2. The molecule has 0 amide bonds. The first-order valence-electron chi connectivity index (χ1n) is 8.04. The van der Waals surface area contributed by atoms with Crippen LogP contribution in [0.5, 0.6) is 5.88 Å². The van der Waals surface area contributed by atoms with E-state index in [1.165, 1.54) is 0 Å². The van der Waals surface area contributed by atoms with Crippen molar-refractivity contribution in [3.8, 4) is 11.6 Å². The SMILES string of the molecule is Cc1ccccc1-n1nc(C(C)C)cc1OC(=O)CC(C)(C)C. The van der Waals surface area contributed by atoms with Crippen LogP contribution >= 0.6 is 0 Å². The number of esters is 1. The number of nitrogens with zero attached hydrogens (tertiary/aromatic N) is 2. The van der Waals surface area contributed by atoms with Gasteiger partial charge >= 0.3 is 5.97 Å². The van der Waals surface area contributed by atoms with Crippen molar-refractivity contribution in [1.82, 2.24) is 9.78 Å². The fraction of sp³-hybridized carbons (Fsp3) is 0.474. The molecule has 4 heteroatoms. The summed E-state index contributed by atoms with van der Waals surface area (Å²) in [5.41, 5.74) is 2.81. The minimum absolute atomic E-state index is 0.106. The first-order valence-corrected chi connectivity index (χ1v) is 8.04. The van der Waals surface area contributed by atoms with E-state index in [1.807, 2.05) is 58.0 Å². The van der Waals surface area contributed by atoms with E-state index >= 15 is 0 Å². The molecule has 0 spiro atoms. The van der Waals surface area contributed by atoms with Gasteiger partial charge in [0.2, 0.25) is 5.88 Å². The monoisotopic (exact) mass is 314 g/mol. The van der Waals surface area contributed by atoms with E-state index in [1.54, 1.807) is 4.68 Å². The second-order valence-electron chi connectivity index (χ2n) is 7.47. The van der Waals surface area contributed by atoms with Crippen molar-refractivity contribution < 1.29 is 9.53 Å². The van der Waals surface area contributed by atoms with Crippen molar-refractivity contribution >= 4 is 5.97 Å². The van der Waals surface area contributed by atoms with Gasteiger partial charge in [-0.15, -0.1) is 0 Å². The first kappa shape index (κ1) is 17.3. The van der Waals surface area contributed by atoms with Gasteiger partial charge in [-0.1, -0.05) is 52.8 Å². The van der Waals surface area contributed by atoms with Crippen LogP contribution in [0.2, 0.25) is 0 Å². The maximum Gasteiger partial charge on any atom is 0.313 e. The van der Waals surface area contributed by atoms with Gasteiger partial charge in [0.05, 0.1) is 17.8 Å². The molecule has 1 heterocycles. The number of hydrogen-bond acceptors (Lipinski definition) is 3. The minimum atomic E-state index is -0.234. The number of aryl methyl sites for hydroxylation is 1. The Labute approximate surface area is 138 Å². The molecule has 4 nitrogen and oxygen atoms in total. The molecule has 2 rings (SSSR count). The Morgan fingerprint density at radius 3 is 2.48 bits per heavy atom. The van der Waals surface area contributed by atoms with E-state index in [4.69, 9.17) is 4.74 Å². The molecule has 0 fully saturated rings. The van der Waals surface area contributed by atoms with Crippen molar-refractivity contribution in [2.75, 3.05) is 0 Å². The van der Waals surface area contributed by atoms with Gasteiger partial charge in [0, 0.05) is 6.07 Å². The third-order valence-corrected chi connectivity index (χ3v) is 3.52. The fourth-order valence-electron chi connectivity index (χ4n) is 2.30. The number of benzene rings is 1. The van der Waals surface area contributed by atoms with E-state index in [0.29, 0.717) is 12.3 Å². The van der Waals surface area contributed by atoms with Gasteiger partial charge in [-0.2, -0.15) is 5.10 Å². The number of aromatic nitrogens is 2. The van der Waals surface area contributed by atoms with Crippen LogP contribution in [0, 0.1) is 12.3 Å². The highest BCUT2D eigenvalue weighted by Crippen LogP contribution is 2.27. The zero-order valence-corrected chi connectivity index (χ0v) is 14.9. The third kappa shape index (κ3) is 4.44. The molecule has 2 aromatic rings. The van der Waals surface area contributed by atoms with Gasteiger partial charge in [-0.3, -0.25) is 4.79 Å². The van der Waals surface area contributed by atoms with Crippen molar-refractivity contribution in [2.24, 2.45) is 5.41 Å². The molecule has 0 saturated heterocycles. The summed E-state index contributed by atoms with van der Waals surface area (Å²) < 4.78 is 7.35. The van der Waals surface area contributed by atoms with Gasteiger partial charge < -0.3 is 4.74 Å². The first-order chi connectivity index (χ1) is 10.7. The molecule has 0 aliphatic rings. The number of para-hydroxylation sites is 1. The van der Waals surface area contributed by atoms with Crippen LogP contribution in [0.1, 0.15) is 58.2 Å². The second-order valence-corrected chi connectivity index (χ2v) is 7.47. The summed E-state index contributed by atoms with van der Waals surface area (Å²) in [6.07, 6.45) is 0.364. The molecule has 0 aliphatic carbocycles. The Hall–Kier alpha value is -2.10. The summed E-state index contributed by atoms with van der Waals surface area (Å²) in [7, 11) is 0. The van der Waals surface area contributed by atoms with Crippen LogP contribution in [-0.2, 0) is 4.79 Å². The highest BCUT2D eigenvalue weighted by molar-refractivity contribution is 5.72. The third-order valence-electron chi connectivity index (χ3n) is 3.52. The second kappa shape index (κ2) is 6.57. The zero-order valence-electron chi connectivity index (χ0n) is 14.9. The van der Waals surface area contributed by atoms with Crippen molar-refractivity contribution in [1.29, 1.82) is 0 Å². The standard InChI is InChI=1S/C19H26N2O2/c1-13(2)15-11-17(23-18(22)12-19(4,5)6)21(20-15)16-10-8-7-9-14(16)3/h7-11,13H,12H2,1-6H3. The molecule has 1 aromatic carbocycles. The maximum absolute atomic E-state index is 12.2. The average Bonchev–Trinajstić information content (AvgIpc) is 2.81. The molecular weight excluding hydrogens is 288 g/mol. The Balaban J connectivity index is 2.39. The summed E-state index contributed by atoms with van der Waals surface area (Å²) in [5, 5.41) is 4.63. The molecule has 23 heavy (non-hydrogen) atoms. The topological polar surface area (TPSA) is 44.1 Å². The van der Waals surface area contributed by atoms with Crippen LogP contribution in [0.15, 0.2) is 30.3 Å². The quantitative estimate of drug-likeness (QED) is 0.772. The molecule has 0 N–H and O–H groups in total. The lowest BCUT2D eigenvalue weighted by Gasteiger charge is -2.17. The Kier molecular flexibility index (Phi) is 4.93. The van der Waals surface area contributed by atoms with Crippen molar-refractivity contribution in [3.05, 3.63) is 41.6 Å². The van der Waals surface area contributed by atoms with E-state index in [9.17, 15) is 4.79 Å². The van der Waals surface area contributed by atoms with E-state index in [-0.39, 0.29) is 17.3 Å². The largest absolute Gasteiger partial charge is 0.407 e. The van der Waals surface area contributed by atoms with Gasteiger partial charge in [0.25, 0.3) is 0 Å². The summed E-state index contributed by atoms with van der Waals surface area (Å²) in [6, 6.07) is 9.80. The highest BCUT2D eigenvalue weighted by Gasteiger charge is 2.21. The molecule has 0 saturated carbocycles. The molecule has 124 valence electrons. The predicted molar refractivity (Wildman–Crippen MR) is 92.1 cm³/mol. The summed E-state index contributed by atoms with van der Waals surface area (Å²) >= 11 is 0. The predicted octanol–water partition coefficient (Wildman–Crippen LogP) is 4.65. The molecule has 1 aromatic heterocycles. The smallest absolute Gasteiger partial charge is 0.313 e. The van der Waals surface area contributed by atoms with Crippen molar-refractivity contribution in [3.63, 3.8) is 0 Å². The molecule has 0 radical (unpaired) electrons. The minimum Gasteiger partial charge on any atom is -0.407 e. The van der Waals surface area contributed by atoms with Gasteiger partial charge in [0.15, 0.2) is 0 Å². The van der Waals surface area contributed by atoms with Gasteiger partial charge in [-0.25, -0.2) is 4.68 Å². The van der Waals surface area contributed by atoms with E-state index in [2.05, 4.69) is 18.9 Å². The fourth-order valence-corrected chi connectivity index (χ4v) is 2.30. The zero-order chi connectivity index (χ0) is 17.2. The van der Waals surface area contributed by atoms with Crippen LogP contribution in [0.25, 0.3) is 5.69 Å². The number of carbonyl (C=O) groups excluding carboxylic acids is 1. The average molecular weight is 314 g/mol. The molecule has 0 bridgehead atoms. The number of hydrogen-bond donors (Lipinski definition) is 0. The normalized spacial score (nSPS) is 11.8. The Morgan fingerprint density at radius 2 is 1.91 bits per heavy atom. The van der Waals surface area contributed by atoms with Gasteiger partial charge in [-0.05, 0) is 29.9 Å². The summed E-state index contributed by atoms with van der Waals surface area (Å²) in [4.78, 5) is 12.2. The summed E-state index contributed by atoms with van der Waals surface area (Å²) in [5.74, 6) is 0.514. The molecule has 0 aliphatic heterocycles. The van der Waals surface area contributed by atoms with Crippen LogP contribution < -0.4 is 4.74 Å². The van der Waals surface area contributed by atoms with E-state index in [0.717, 1.165) is 16.9 Å². The van der Waals surface area contributed by atoms with Gasteiger partial charge in [0.1, 0.15) is 0 Å². The van der Waals surface area contributed by atoms with Crippen LogP contribution in [0.4, 0.5) is 0 Å². The maximum atomic E-state index is 12.2. The molecule has 0 atom stereocenters. The lowest BCUT2D eigenvalue weighted by atomic mass is 9.92. The Morgan fingerprint density at radius 1 is 1.26 bits per heavy atom. The van der Waals surface area contributed by atoms with E-state index < -0.39 is 0 Å². The van der Waals surface area contributed by atoms with Crippen LogP contribution in [0.3, 0.4) is 0 Å². The summed E-state index contributed by atoms with van der Waals surface area (Å²) in [6.45, 7) is 12.2. The lowest BCUT2D eigenvalue weighted by molar-refractivity contribution is -0.136.